The van der Waals surface area contributed by atoms with Crippen LogP contribution in [0.2, 0.25) is 0 Å². The van der Waals surface area contributed by atoms with E-state index in [1.165, 1.54) is 16.2 Å². The zero-order valence-electron chi connectivity index (χ0n) is 16.8. The van der Waals surface area contributed by atoms with Gasteiger partial charge in [-0.25, -0.2) is 0 Å². The number of amides is 2. The summed E-state index contributed by atoms with van der Waals surface area (Å²) in [6.07, 6.45) is 2.71. The maximum Gasteiger partial charge on any atom is 0.265 e. The van der Waals surface area contributed by atoms with E-state index in [1.807, 2.05) is 6.07 Å². The van der Waals surface area contributed by atoms with E-state index in [1.54, 1.807) is 13.1 Å². The Morgan fingerprint density at radius 2 is 1.96 bits per heavy atom. The third-order valence-corrected chi connectivity index (χ3v) is 5.81. The lowest BCUT2D eigenvalue weighted by atomic mass is 9.78. The van der Waals surface area contributed by atoms with Gasteiger partial charge < -0.3 is 4.90 Å². The molecule has 2 aliphatic heterocycles. The van der Waals surface area contributed by atoms with Crippen LogP contribution in [0.3, 0.4) is 0 Å². The standard InChI is InChI=1S/C21H27N3O2S/c1-12(2)24-17-8-7-14(9-15(17)13(3)11-21(24,4)5)10-16-18(25)22-20(27)23(6)19(16)26/h7-10,12-13H,11H2,1-6H3,(H,22,25,27)/b16-10+. The van der Waals surface area contributed by atoms with Crippen LogP contribution in [0.25, 0.3) is 6.08 Å². The molecule has 0 aliphatic carbocycles. The zero-order chi connectivity index (χ0) is 20.1. The molecule has 1 unspecified atom stereocenters. The Labute approximate surface area is 166 Å². The number of nitrogens with zero attached hydrogens (tertiary/aromatic N) is 2. The van der Waals surface area contributed by atoms with Crippen LogP contribution < -0.4 is 10.2 Å². The highest BCUT2D eigenvalue weighted by atomic mass is 32.1. The van der Waals surface area contributed by atoms with Crippen molar-refractivity contribution in [2.75, 3.05) is 11.9 Å². The fraction of sp³-hybridized carbons (Fsp3) is 0.476. The maximum absolute atomic E-state index is 12.4. The zero-order valence-corrected chi connectivity index (χ0v) is 17.6. The molecule has 3 rings (SSSR count). The van der Waals surface area contributed by atoms with Crippen LogP contribution in [0.15, 0.2) is 23.8 Å². The smallest absolute Gasteiger partial charge is 0.265 e. The van der Waals surface area contributed by atoms with Gasteiger partial charge in [-0.1, -0.05) is 13.0 Å². The van der Waals surface area contributed by atoms with E-state index in [2.05, 4.69) is 57.0 Å². The predicted octanol–water partition coefficient (Wildman–Crippen LogP) is 3.44. The minimum Gasteiger partial charge on any atom is -0.364 e. The van der Waals surface area contributed by atoms with Crippen molar-refractivity contribution in [3.8, 4) is 0 Å². The second-order valence-electron chi connectivity index (χ2n) is 8.38. The van der Waals surface area contributed by atoms with Crippen molar-refractivity contribution in [3.05, 3.63) is 34.9 Å². The van der Waals surface area contributed by atoms with Crippen LogP contribution in [-0.4, -0.2) is 40.5 Å². The van der Waals surface area contributed by atoms with Gasteiger partial charge in [-0.15, -0.1) is 0 Å². The summed E-state index contributed by atoms with van der Waals surface area (Å²) >= 11 is 4.99. The van der Waals surface area contributed by atoms with E-state index in [-0.39, 0.29) is 22.1 Å². The minimum atomic E-state index is -0.446. The topological polar surface area (TPSA) is 52.7 Å². The molecule has 0 bridgehead atoms. The summed E-state index contributed by atoms with van der Waals surface area (Å²) in [4.78, 5) is 28.4. The van der Waals surface area contributed by atoms with Gasteiger partial charge >= 0.3 is 0 Å². The number of anilines is 1. The van der Waals surface area contributed by atoms with Gasteiger partial charge in [0, 0.05) is 24.3 Å². The van der Waals surface area contributed by atoms with Crippen molar-refractivity contribution >= 4 is 40.9 Å². The van der Waals surface area contributed by atoms with Gasteiger partial charge in [0.05, 0.1) is 0 Å². The van der Waals surface area contributed by atoms with E-state index >= 15 is 0 Å². The van der Waals surface area contributed by atoms with Crippen LogP contribution >= 0.6 is 12.2 Å². The van der Waals surface area contributed by atoms with Crippen molar-refractivity contribution in [1.29, 1.82) is 0 Å². The Balaban J connectivity index is 2.04. The lowest BCUT2D eigenvalue weighted by Crippen LogP contribution is -2.52. The van der Waals surface area contributed by atoms with E-state index in [9.17, 15) is 9.59 Å². The molecule has 0 radical (unpaired) electrons. The number of carbonyl (C=O) groups is 2. The number of hydrogen-bond donors (Lipinski definition) is 1. The van der Waals surface area contributed by atoms with Crippen LogP contribution in [0.1, 0.15) is 58.1 Å². The molecule has 1 fully saturated rings. The monoisotopic (exact) mass is 385 g/mol. The number of hydrogen-bond acceptors (Lipinski definition) is 4. The largest absolute Gasteiger partial charge is 0.364 e. The first-order valence-corrected chi connectivity index (χ1v) is 9.72. The normalized spacial score (nSPS) is 23.7. The molecule has 27 heavy (non-hydrogen) atoms. The molecule has 144 valence electrons. The van der Waals surface area contributed by atoms with Crippen molar-refractivity contribution in [2.45, 2.75) is 58.5 Å². The third-order valence-electron chi connectivity index (χ3n) is 5.43. The molecule has 0 spiro atoms. The summed E-state index contributed by atoms with van der Waals surface area (Å²) in [5.41, 5.74) is 3.52. The number of fused-ring (bicyclic) bond motifs is 1. The molecular weight excluding hydrogens is 358 g/mol. The lowest BCUT2D eigenvalue weighted by Gasteiger charge is -2.50. The summed E-state index contributed by atoms with van der Waals surface area (Å²) < 4.78 is 0. The molecule has 1 saturated heterocycles. The number of carbonyl (C=O) groups excluding carboxylic acids is 2. The van der Waals surface area contributed by atoms with E-state index in [4.69, 9.17) is 12.2 Å². The van der Waals surface area contributed by atoms with Gasteiger partial charge in [0.2, 0.25) is 0 Å². The number of rotatable bonds is 2. The number of benzene rings is 1. The lowest BCUT2D eigenvalue weighted by molar-refractivity contribution is -0.128. The fourth-order valence-corrected chi connectivity index (χ4v) is 4.63. The highest BCUT2D eigenvalue weighted by molar-refractivity contribution is 7.80. The second kappa shape index (κ2) is 6.75. The second-order valence-corrected chi connectivity index (χ2v) is 8.77. The third kappa shape index (κ3) is 3.38. The summed E-state index contributed by atoms with van der Waals surface area (Å²) in [7, 11) is 1.56. The Morgan fingerprint density at radius 1 is 1.30 bits per heavy atom. The Morgan fingerprint density at radius 3 is 2.59 bits per heavy atom. The minimum absolute atomic E-state index is 0.0815. The first-order valence-electron chi connectivity index (χ1n) is 9.31. The van der Waals surface area contributed by atoms with Crippen LogP contribution in [0.5, 0.6) is 0 Å². The van der Waals surface area contributed by atoms with Gasteiger partial charge in [0.1, 0.15) is 5.57 Å². The van der Waals surface area contributed by atoms with Crippen molar-refractivity contribution in [2.24, 2.45) is 0 Å². The van der Waals surface area contributed by atoms with Gasteiger partial charge in [-0.3, -0.25) is 19.8 Å². The molecular formula is C21H27N3O2S. The van der Waals surface area contributed by atoms with E-state index in [0.717, 1.165) is 12.0 Å². The Hall–Kier alpha value is -2.21. The molecule has 6 heteroatoms. The van der Waals surface area contributed by atoms with Gasteiger partial charge in [-0.05, 0) is 81.6 Å². The summed E-state index contributed by atoms with van der Waals surface area (Å²) in [5.74, 6) is -0.423. The molecule has 2 aliphatic rings. The van der Waals surface area contributed by atoms with Crippen molar-refractivity contribution < 1.29 is 9.59 Å². The number of thiocarbonyl (C=S) groups is 1. The van der Waals surface area contributed by atoms with Crippen LogP contribution in [-0.2, 0) is 9.59 Å². The van der Waals surface area contributed by atoms with E-state index in [0.29, 0.717) is 12.0 Å². The highest BCUT2D eigenvalue weighted by Crippen LogP contribution is 2.44. The van der Waals surface area contributed by atoms with Crippen LogP contribution in [0, 0.1) is 0 Å². The van der Waals surface area contributed by atoms with Crippen molar-refractivity contribution in [3.63, 3.8) is 0 Å². The first-order chi connectivity index (χ1) is 12.5. The quantitative estimate of drug-likeness (QED) is 0.481. The maximum atomic E-state index is 12.4. The highest BCUT2D eigenvalue weighted by Gasteiger charge is 2.37. The SMILES string of the molecule is CC1CC(C)(C)N(C(C)C)c2ccc(/C=C3\C(=O)NC(=S)N(C)C3=O)cc21. The Bertz CT molecular complexity index is 857. The number of nitrogens with one attached hydrogen (secondary N) is 1. The summed E-state index contributed by atoms with van der Waals surface area (Å²) in [5, 5.41) is 2.69. The fourth-order valence-electron chi connectivity index (χ4n) is 4.45. The average molecular weight is 386 g/mol. The number of likely N-dealkylation sites (N-methyl/N-ethyl adjacent to an activating group) is 1. The summed E-state index contributed by atoms with van der Waals surface area (Å²) in [6.45, 7) is 11.2. The molecule has 2 amide bonds. The molecule has 0 aromatic heterocycles. The molecule has 2 heterocycles. The van der Waals surface area contributed by atoms with Crippen molar-refractivity contribution in [1.82, 2.24) is 10.2 Å². The Kier molecular flexibility index (Phi) is 4.89. The average Bonchev–Trinajstić information content (AvgIpc) is 2.56. The van der Waals surface area contributed by atoms with Crippen LogP contribution in [0.4, 0.5) is 5.69 Å². The molecule has 1 atom stereocenters. The molecule has 1 N–H and O–H groups in total. The van der Waals surface area contributed by atoms with Gasteiger partial charge in [0.25, 0.3) is 11.8 Å². The molecule has 5 nitrogen and oxygen atoms in total. The first kappa shape index (κ1) is 19.5. The van der Waals surface area contributed by atoms with Gasteiger partial charge in [0.15, 0.2) is 5.11 Å². The predicted molar refractivity (Wildman–Crippen MR) is 113 cm³/mol. The van der Waals surface area contributed by atoms with E-state index < -0.39 is 5.91 Å². The molecule has 1 aromatic rings. The molecule has 0 saturated carbocycles. The van der Waals surface area contributed by atoms with Gasteiger partial charge in [-0.2, -0.15) is 0 Å². The summed E-state index contributed by atoms with van der Waals surface area (Å²) in [6, 6.07) is 6.57. The molecule has 1 aromatic carbocycles.